The zero-order valence-corrected chi connectivity index (χ0v) is 14.8. The topological polar surface area (TPSA) is 38.3 Å². The lowest BCUT2D eigenvalue weighted by atomic mass is 10.0. The molecule has 0 aliphatic heterocycles. The van der Waals surface area contributed by atoms with Crippen LogP contribution in [0.2, 0.25) is 0 Å². The minimum atomic E-state index is -0.0487. The molecule has 0 bridgehead atoms. The molecular weight excluding hydrogens is 318 g/mol. The zero-order chi connectivity index (χ0) is 16.6. The van der Waals surface area contributed by atoms with Gasteiger partial charge < -0.3 is 10.1 Å². The van der Waals surface area contributed by atoms with E-state index in [-0.39, 0.29) is 12.5 Å². The van der Waals surface area contributed by atoms with Gasteiger partial charge in [-0.2, -0.15) is 11.8 Å². The van der Waals surface area contributed by atoms with Crippen LogP contribution < -0.4 is 10.1 Å². The summed E-state index contributed by atoms with van der Waals surface area (Å²) in [7, 11) is 0. The summed E-state index contributed by atoms with van der Waals surface area (Å²) in [5, 5.41) is 6.04. The monoisotopic (exact) mass is 343 g/mol. The van der Waals surface area contributed by atoms with Gasteiger partial charge in [0, 0.05) is 17.5 Å². The highest BCUT2D eigenvalue weighted by Crippen LogP contribution is 2.27. The van der Waals surface area contributed by atoms with Gasteiger partial charge in [0.1, 0.15) is 5.75 Å². The Morgan fingerprint density at radius 3 is 2.71 bits per heavy atom. The number of hydrogen-bond donors (Lipinski definition) is 1. The fourth-order valence-corrected chi connectivity index (χ4v) is 4.32. The highest BCUT2D eigenvalue weighted by molar-refractivity contribution is 7.99. The van der Waals surface area contributed by atoms with Gasteiger partial charge in [-0.15, -0.1) is 0 Å². The Morgan fingerprint density at radius 1 is 1.08 bits per heavy atom. The van der Waals surface area contributed by atoms with Crippen molar-refractivity contribution < 1.29 is 9.53 Å². The molecule has 4 heteroatoms. The second kappa shape index (κ2) is 8.97. The van der Waals surface area contributed by atoms with E-state index >= 15 is 0 Å². The Balaban J connectivity index is 1.35. The SMILES string of the molecule is O=C(COc1ccc2ccccc2c1)NCCSC1CCCCC1. The number of carbonyl (C=O) groups is 1. The van der Waals surface area contributed by atoms with E-state index in [0.717, 1.165) is 28.7 Å². The van der Waals surface area contributed by atoms with Crippen molar-refractivity contribution in [1.29, 1.82) is 0 Å². The van der Waals surface area contributed by atoms with Gasteiger partial charge in [0.05, 0.1) is 0 Å². The molecule has 1 aliphatic carbocycles. The van der Waals surface area contributed by atoms with E-state index in [1.807, 2.05) is 48.2 Å². The Bertz CT molecular complexity index is 667. The third-order valence-corrected chi connectivity index (χ3v) is 5.80. The second-order valence-corrected chi connectivity index (χ2v) is 7.69. The molecule has 1 saturated carbocycles. The standard InChI is InChI=1S/C20H25NO2S/c22-20(21-12-13-24-19-8-2-1-3-9-19)15-23-18-11-10-16-6-4-5-7-17(16)14-18/h4-7,10-11,14,19H,1-3,8-9,12-13,15H2,(H,21,22). The summed E-state index contributed by atoms with van der Waals surface area (Å²) in [5.41, 5.74) is 0. The molecule has 3 nitrogen and oxygen atoms in total. The molecule has 2 aromatic rings. The average molecular weight is 343 g/mol. The number of rotatable bonds is 7. The van der Waals surface area contributed by atoms with E-state index < -0.39 is 0 Å². The maximum atomic E-state index is 11.9. The normalized spacial score (nSPS) is 15.3. The molecule has 1 amide bonds. The van der Waals surface area contributed by atoms with Crippen LogP contribution in [0.25, 0.3) is 10.8 Å². The van der Waals surface area contributed by atoms with E-state index in [4.69, 9.17) is 4.74 Å². The number of benzene rings is 2. The van der Waals surface area contributed by atoms with Crippen LogP contribution in [0, 0.1) is 0 Å². The average Bonchev–Trinajstić information content (AvgIpc) is 2.64. The summed E-state index contributed by atoms with van der Waals surface area (Å²) in [4.78, 5) is 11.9. The first-order valence-corrected chi connectivity index (χ1v) is 9.86. The van der Waals surface area contributed by atoms with Crippen LogP contribution in [-0.4, -0.2) is 30.1 Å². The third kappa shape index (κ3) is 5.17. The predicted molar refractivity (Wildman–Crippen MR) is 102 cm³/mol. The Morgan fingerprint density at radius 2 is 1.88 bits per heavy atom. The summed E-state index contributed by atoms with van der Waals surface area (Å²) in [6.45, 7) is 0.799. The van der Waals surface area contributed by atoms with Crippen LogP contribution in [0.4, 0.5) is 0 Å². The van der Waals surface area contributed by atoms with E-state index in [1.54, 1.807) is 0 Å². The first kappa shape index (κ1) is 17.2. The number of amides is 1. The maximum Gasteiger partial charge on any atom is 0.257 e. The second-order valence-electron chi connectivity index (χ2n) is 6.28. The molecule has 1 fully saturated rings. The van der Waals surface area contributed by atoms with Crippen LogP contribution in [0.3, 0.4) is 0 Å². The lowest BCUT2D eigenvalue weighted by Gasteiger charge is -2.20. The van der Waals surface area contributed by atoms with Gasteiger partial charge in [-0.3, -0.25) is 4.79 Å². The first-order chi connectivity index (χ1) is 11.8. The molecule has 0 radical (unpaired) electrons. The molecule has 24 heavy (non-hydrogen) atoms. The summed E-state index contributed by atoms with van der Waals surface area (Å²) < 4.78 is 5.60. The number of thioether (sulfide) groups is 1. The molecular formula is C20H25NO2S. The Labute approximate surface area is 148 Å². The molecule has 0 spiro atoms. The summed E-state index contributed by atoms with van der Waals surface area (Å²) in [6, 6.07) is 14.0. The smallest absolute Gasteiger partial charge is 0.257 e. The molecule has 1 aliphatic rings. The number of fused-ring (bicyclic) bond motifs is 1. The zero-order valence-electron chi connectivity index (χ0n) is 14.0. The van der Waals surface area contributed by atoms with E-state index in [0.29, 0.717) is 0 Å². The number of carbonyl (C=O) groups excluding carboxylic acids is 1. The van der Waals surface area contributed by atoms with Crippen molar-refractivity contribution in [3.8, 4) is 5.75 Å². The first-order valence-electron chi connectivity index (χ1n) is 8.81. The molecule has 128 valence electrons. The fourth-order valence-electron chi connectivity index (χ4n) is 3.10. The Kier molecular flexibility index (Phi) is 6.41. The van der Waals surface area contributed by atoms with Gasteiger partial charge >= 0.3 is 0 Å². The van der Waals surface area contributed by atoms with Crippen LogP contribution in [0.15, 0.2) is 42.5 Å². The molecule has 0 atom stereocenters. The van der Waals surface area contributed by atoms with Gasteiger partial charge in [-0.1, -0.05) is 49.6 Å². The minimum Gasteiger partial charge on any atom is -0.484 e. The van der Waals surface area contributed by atoms with Crippen molar-refractivity contribution in [2.45, 2.75) is 37.4 Å². The van der Waals surface area contributed by atoms with E-state index in [2.05, 4.69) is 11.4 Å². The Hall–Kier alpha value is -1.68. The van der Waals surface area contributed by atoms with Crippen molar-refractivity contribution in [2.24, 2.45) is 0 Å². The van der Waals surface area contributed by atoms with Crippen LogP contribution in [-0.2, 0) is 4.79 Å². The van der Waals surface area contributed by atoms with Crippen molar-refractivity contribution in [2.75, 3.05) is 18.9 Å². The third-order valence-electron chi connectivity index (χ3n) is 4.42. The molecule has 2 aromatic carbocycles. The van der Waals surface area contributed by atoms with Crippen molar-refractivity contribution >= 4 is 28.4 Å². The maximum absolute atomic E-state index is 11.9. The quantitative estimate of drug-likeness (QED) is 0.757. The molecule has 0 heterocycles. The van der Waals surface area contributed by atoms with Crippen molar-refractivity contribution in [1.82, 2.24) is 5.32 Å². The fraction of sp³-hybridized carbons (Fsp3) is 0.450. The summed E-state index contributed by atoms with van der Waals surface area (Å²) in [6.07, 6.45) is 6.79. The largest absolute Gasteiger partial charge is 0.484 e. The highest BCUT2D eigenvalue weighted by atomic mass is 32.2. The van der Waals surface area contributed by atoms with Crippen LogP contribution in [0.1, 0.15) is 32.1 Å². The van der Waals surface area contributed by atoms with E-state index in [1.165, 1.54) is 37.5 Å². The van der Waals surface area contributed by atoms with E-state index in [9.17, 15) is 4.79 Å². The molecule has 0 unspecified atom stereocenters. The van der Waals surface area contributed by atoms with Gasteiger partial charge in [0.2, 0.25) is 0 Å². The molecule has 3 rings (SSSR count). The summed E-state index contributed by atoms with van der Waals surface area (Å²) >= 11 is 2.00. The number of hydrogen-bond acceptors (Lipinski definition) is 3. The van der Waals surface area contributed by atoms with Crippen molar-refractivity contribution in [3.63, 3.8) is 0 Å². The van der Waals surface area contributed by atoms with Gasteiger partial charge in [-0.25, -0.2) is 0 Å². The van der Waals surface area contributed by atoms with Gasteiger partial charge in [-0.05, 0) is 35.7 Å². The molecule has 0 saturated heterocycles. The van der Waals surface area contributed by atoms with Gasteiger partial charge in [0.15, 0.2) is 6.61 Å². The minimum absolute atomic E-state index is 0.0487. The lowest BCUT2D eigenvalue weighted by Crippen LogP contribution is -2.31. The van der Waals surface area contributed by atoms with Crippen molar-refractivity contribution in [3.05, 3.63) is 42.5 Å². The summed E-state index contributed by atoms with van der Waals surface area (Å²) in [5.74, 6) is 1.68. The van der Waals surface area contributed by atoms with Crippen LogP contribution >= 0.6 is 11.8 Å². The number of ether oxygens (including phenoxy) is 1. The predicted octanol–water partition coefficient (Wildman–Crippen LogP) is 4.40. The highest BCUT2D eigenvalue weighted by Gasteiger charge is 2.13. The van der Waals surface area contributed by atoms with Gasteiger partial charge in [0.25, 0.3) is 5.91 Å². The number of nitrogens with one attached hydrogen (secondary N) is 1. The van der Waals surface area contributed by atoms with Crippen LogP contribution in [0.5, 0.6) is 5.75 Å². The molecule has 0 aromatic heterocycles. The molecule has 1 N–H and O–H groups in total. The lowest BCUT2D eigenvalue weighted by molar-refractivity contribution is -0.122.